The Bertz CT molecular complexity index is 848. The fourth-order valence-electron chi connectivity index (χ4n) is 2.02. The van der Waals surface area contributed by atoms with Crippen molar-refractivity contribution < 1.29 is 23.1 Å². The van der Waals surface area contributed by atoms with Crippen LogP contribution in [-0.2, 0) is 21.4 Å². The summed E-state index contributed by atoms with van der Waals surface area (Å²) in [5.41, 5.74) is 0.944. The highest BCUT2D eigenvalue weighted by molar-refractivity contribution is 9.11. The van der Waals surface area contributed by atoms with Crippen molar-refractivity contribution in [3.8, 4) is 5.75 Å². The van der Waals surface area contributed by atoms with Gasteiger partial charge in [0.1, 0.15) is 18.9 Å². The van der Waals surface area contributed by atoms with Crippen LogP contribution in [0.15, 0.2) is 56.3 Å². The molecule has 0 atom stereocenters. The Balaban J connectivity index is 2.08. The SMILES string of the molecule is CN(CC(=O)O)S(=O)(=O)c1ccc(OCc2cc(Br)cc(Br)c2)cc1. The molecule has 0 aliphatic carbocycles. The highest BCUT2D eigenvalue weighted by atomic mass is 79.9. The van der Waals surface area contributed by atoms with Gasteiger partial charge in [0.2, 0.25) is 10.0 Å². The van der Waals surface area contributed by atoms with E-state index in [0.717, 1.165) is 18.8 Å². The molecule has 2 aromatic carbocycles. The monoisotopic (exact) mass is 491 g/mol. The summed E-state index contributed by atoms with van der Waals surface area (Å²) >= 11 is 6.80. The minimum atomic E-state index is -3.84. The van der Waals surface area contributed by atoms with Gasteiger partial charge in [0.25, 0.3) is 0 Å². The number of carboxylic acid groups (broad SMARTS) is 1. The van der Waals surface area contributed by atoms with Crippen molar-refractivity contribution in [1.29, 1.82) is 0 Å². The van der Waals surface area contributed by atoms with Crippen molar-refractivity contribution in [2.24, 2.45) is 0 Å². The van der Waals surface area contributed by atoms with E-state index in [2.05, 4.69) is 31.9 Å². The zero-order chi connectivity index (χ0) is 18.6. The second kappa shape index (κ2) is 8.31. The fraction of sp³-hybridized carbons (Fsp3) is 0.188. The lowest BCUT2D eigenvalue weighted by Gasteiger charge is -2.15. The maximum absolute atomic E-state index is 12.2. The number of hydrogen-bond donors (Lipinski definition) is 1. The van der Waals surface area contributed by atoms with Crippen LogP contribution in [0, 0.1) is 0 Å². The van der Waals surface area contributed by atoms with Crippen molar-refractivity contribution >= 4 is 47.9 Å². The standard InChI is InChI=1S/C16H15Br2NO5S/c1-19(9-16(20)21)25(22,23)15-4-2-14(3-5-15)24-10-11-6-12(17)8-13(18)7-11/h2-8H,9-10H2,1H3,(H,20,21). The average Bonchev–Trinajstić information content (AvgIpc) is 2.52. The first kappa shape index (κ1) is 19.9. The van der Waals surface area contributed by atoms with Gasteiger partial charge in [-0.15, -0.1) is 0 Å². The van der Waals surface area contributed by atoms with Gasteiger partial charge in [0.05, 0.1) is 4.90 Å². The predicted molar refractivity (Wildman–Crippen MR) is 100 cm³/mol. The molecule has 0 saturated heterocycles. The lowest BCUT2D eigenvalue weighted by molar-refractivity contribution is -0.137. The molecule has 0 amide bonds. The van der Waals surface area contributed by atoms with E-state index in [1.807, 2.05) is 18.2 Å². The van der Waals surface area contributed by atoms with Crippen molar-refractivity contribution in [3.63, 3.8) is 0 Å². The normalized spacial score (nSPS) is 11.5. The predicted octanol–water partition coefficient (Wildman–Crippen LogP) is 3.50. The van der Waals surface area contributed by atoms with Crippen LogP contribution in [0.3, 0.4) is 0 Å². The zero-order valence-electron chi connectivity index (χ0n) is 13.1. The molecule has 0 aliphatic heterocycles. The van der Waals surface area contributed by atoms with Gasteiger partial charge in [-0.25, -0.2) is 8.42 Å². The molecule has 0 radical (unpaired) electrons. The summed E-state index contributed by atoms with van der Waals surface area (Å²) in [4.78, 5) is 10.7. The number of hydrogen-bond acceptors (Lipinski definition) is 4. The van der Waals surface area contributed by atoms with E-state index < -0.39 is 22.5 Å². The Morgan fingerprint density at radius 1 is 1.12 bits per heavy atom. The first-order chi connectivity index (χ1) is 11.7. The molecule has 6 nitrogen and oxygen atoms in total. The van der Waals surface area contributed by atoms with Crippen LogP contribution >= 0.6 is 31.9 Å². The molecule has 9 heteroatoms. The third kappa shape index (κ3) is 5.53. The van der Waals surface area contributed by atoms with Crippen molar-refractivity contribution in [2.45, 2.75) is 11.5 Å². The molecule has 2 rings (SSSR count). The summed E-state index contributed by atoms with van der Waals surface area (Å²) in [6, 6.07) is 11.6. The first-order valence-electron chi connectivity index (χ1n) is 7.04. The number of carbonyl (C=O) groups is 1. The molecule has 0 heterocycles. The van der Waals surface area contributed by atoms with E-state index in [1.54, 1.807) is 0 Å². The molecule has 0 aromatic heterocycles. The Morgan fingerprint density at radius 3 is 2.20 bits per heavy atom. The summed E-state index contributed by atoms with van der Waals surface area (Å²) in [5, 5.41) is 8.72. The lowest BCUT2D eigenvalue weighted by atomic mass is 10.2. The largest absolute Gasteiger partial charge is 0.489 e. The molecule has 0 saturated carbocycles. The number of nitrogens with zero attached hydrogens (tertiary/aromatic N) is 1. The molecule has 0 spiro atoms. The van der Waals surface area contributed by atoms with E-state index >= 15 is 0 Å². The molecule has 0 bridgehead atoms. The van der Waals surface area contributed by atoms with Crippen molar-refractivity contribution in [2.75, 3.05) is 13.6 Å². The van der Waals surface area contributed by atoms with Crippen LogP contribution in [-0.4, -0.2) is 37.4 Å². The Hall–Kier alpha value is -1.42. The third-order valence-corrected chi connectivity index (χ3v) is 5.95. The fourth-order valence-corrected chi connectivity index (χ4v) is 4.53. The highest BCUT2D eigenvalue weighted by Crippen LogP contribution is 2.23. The summed E-state index contributed by atoms with van der Waals surface area (Å²) in [5.74, 6) is -0.706. The number of rotatable bonds is 7. The maximum atomic E-state index is 12.2. The van der Waals surface area contributed by atoms with E-state index in [9.17, 15) is 13.2 Å². The molecule has 0 unspecified atom stereocenters. The van der Waals surface area contributed by atoms with Gasteiger partial charge in [-0.3, -0.25) is 4.79 Å². The molecule has 25 heavy (non-hydrogen) atoms. The molecule has 0 fully saturated rings. The van der Waals surface area contributed by atoms with E-state index in [1.165, 1.54) is 31.3 Å². The number of likely N-dealkylation sites (N-methyl/N-ethyl adjacent to an activating group) is 1. The van der Waals surface area contributed by atoms with Crippen LogP contribution in [0.1, 0.15) is 5.56 Å². The van der Waals surface area contributed by atoms with Crippen molar-refractivity contribution in [1.82, 2.24) is 4.31 Å². The van der Waals surface area contributed by atoms with Gasteiger partial charge in [0.15, 0.2) is 0 Å². The van der Waals surface area contributed by atoms with Gasteiger partial charge in [-0.05, 0) is 48.0 Å². The van der Waals surface area contributed by atoms with Gasteiger partial charge in [0, 0.05) is 16.0 Å². The lowest BCUT2D eigenvalue weighted by Crippen LogP contribution is -2.31. The topological polar surface area (TPSA) is 83.9 Å². The zero-order valence-corrected chi connectivity index (χ0v) is 17.1. The third-order valence-electron chi connectivity index (χ3n) is 3.22. The van der Waals surface area contributed by atoms with Gasteiger partial charge in [-0.1, -0.05) is 31.9 Å². The van der Waals surface area contributed by atoms with Crippen LogP contribution in [0.2, 0.25) is 0 Å². The van der Waals surface area contributed by atoms with Gasteiger partial charge in [-0.2, -0.15) is 4.31 Å². The molecule has 134 valence electrons. The second-order valence-electron chi connectivity index (χ2n) is 5.19. The number of halogens is 2. The summed E-state index contributed by atoms with van der Waals surface area (Å²) < 4.78 is 32.8. The smallest absolute Gasteiger partial charge is 0.318 e. The Labute approximate surface area is 162 Å². The van der Waals surface area contributed by atoms with Crippen LogP contribution < -0.4 is 4.74 Å². The summed E-state index contributed by atoms with van der Waals surface area (Å²) in [6.45, 7) is -0.276. The summed E-state index contributed by atoms with van der Waals surface area (Å²) in [7, 11) is -2.62. The number of sulfonamides is 1. The maximum Gasteiger partial charge on any atom is 0.318 e. The number of benzene rings is 2. The van der Waals surface area contributed by atoms with Gasteiger partial charge < -0.3 is 9.84 Å². The molecular formula is C16H15Br2NO5S. The second-order valence-corrected chi connectivity index (χ2v) is 9.07. The number of ether oxygens (including phenoxy) is 1. The van der Waals surface area contributed by atoms with Crippen LogP contribution in [0.4, 0.5) is 0 Å². The van der Waals surface area contributed by atoms with E-state index in [0.29, 0.717) is 12.4 Å². The van der Waals surface area contributed by atoms with Crippen molar-refractivity contribution in [3.05, 3.63) is 57.0 Å². The molecular weight excluding hydrogens is 478 g/mol. The quantitative estimate of drug-likeness (QED) is 0.639. The van der Waals surface area contributed by atoms with Gasteiger partial charge >= 0.3 is 5.97 Å². The van der Waals surface area contributed by atoms with Crippen LogP contribution in [0.5, 0.6) is 5.75 Å². The summed E-state index contributed by atoms with van der Waals surface area (Å²) in [6.07, 6.45) is 0. The van der Waals surface area contributed by atoms with Crippen LogP contribution in [0.25, 0.3) is 0 Å². The Morgan fingerprint density at radius 2 is 1.68 bits per heavy atom. The molecule has 0 aliphatic rings. The average molecular weight is 493 g/mol. The highest BCUT2D eigenvalue weighted by Gasteiger charge is 2.22. The molecule has 1 N–H and O–H groups in total. The number of carboxylic acids is 1. The Kier molecular flexibility index (Phi) is 6.61. The minimum absolute atomic E-state index is 0.00815. The molecule has 2 aromatic rings. The van der Waals surface area contributed by atoms with E-state index in [-0.39, 0.29) is 4.90 Å². The first-order valence-corrected chi connectivity index (χ1v) is 10.1. The van der Waals surface area contributed by atoms with E-state index in [4.69, 9.17) is 9.84 Å². The number of aliphatic carboxylic acids is 1. The minimum Gasteiger partial charge on any atom is -0.489 e.